The largest absolute Gasteiger partial charge is 0.358 e. The first-order valence-electron chi connectivity index (χ1n) is 4.85. The van der Waals surface area contributed by atoms with Crippen LogP contribution in [0.2, 0.25) is 0 Å². The molecule has 5 heteroatoms. The Balaban J connectivity index is 2.92. The first-order valence-corrected chi connectivity index (χ1v) is 6.46. The van der Waals surface area contributed by atoms with E-state index >= 15 is 0 Å². The fraction of sp³-hybridized carbons (Fsp3) is 0.167. The molecule has 0 aliphatic heterocycles. The number of hydrogen-bond acceptors (Lipinski definition) is 4. The molecule has 0 heterocycles. The highest BCUT2D eigenvalue weighted by Gasteiger charge is 2.09. The zero-order valence-electron chi connectivity index (χ0n) is 9.45. The van der Waals surface area contributed by atoms with Gasteiger partial charge >= 0.3 is 0 Å². The van der Waals surface area contributed by atoms with Crippen LogP contribution in [-0.4, -0.2) is 5.78 Å². The van der Waals surface area contributed by atoms with Gasteiger partial charge in [-0.1, -0.05) is 15.9 Å². The number of ketones is 1. The molecule has 0 fully saturated rings. The Morgan fingerprint density at radius 2 is 1.94 bits per heavy atom. The molecule has 0 spiro atoms. The summed E-state index contributed by atoms with van der Waals surface area (Å²) in [6, 6.07) is 7.59. The van der Waals surface area contributed by atoms with E-state index in [1.54, 1.807) is 6.92 Å². The number of anilines is 1. The van der Waals surface area contributed by atoms with Crippen molar-refractivity contribution in [2.75, 3.05) is 5.32 Å². The molecule has 0 aliphatic rings. The van der Waals surface area contributed by atoms with Gasteiger partial charge in [0, 0.05) is 15.9 Å². The minimum atomic E-state index is -0.112. The van der Waals surface area contributed by atoms with Crippen LogP contribution in [0.4, 0.5) is 5.69 Å². The third-order valence-electron chi connectivity index (χ3n) is 1.98. The van der Waals surface area contributed by atoms with Gasteiger partial charge in [0.15, 0.2) is 5.78 Å². The average molecular weight is 311 g/mol. The minimum absolute atomic E-state index is 0.112. The van der Waals surface area contributed by atoms with E-state index in [2.05, 4.69) is 21.2 Å². The number of carbonyl (C=O) groups excluding carboxylic acids is 1. The van der Waals surface area contributed by atoms with E-state index in [0.29, 0.717) is 10.6 Å². The van der Waals surface area contributed by atoms with Crippen LogP contribution in [0.5, 0.6) is 0 Å². The number of benzene rings is 1. The maximum Gasteiger partial charge on any atom is 0.168 e. The molecule has 1 N–H and O–H groups in total. The SMILES string of the molecule is CC(=O)/C(SC#N)=C(/C)Nc1ccc(Br)cc1. The maximum absolute atomic E-state index is 11.3. The van der Waals surface area contributed by atoms with E-state index in [1.807, 2.05) is 29.7 Å². The molecule has 88 valence electrons. The topological polar surface area (TPSA) is 52.9 Å². The number of rotatable bonds is 4. The second-order valence-electron chi connectivity index (χ2n) is 3.34. The van der Waals surface area contributed by atoms with Gasteiger partial charge in [-0.15, -0.1) is 0 Å². The summed E-state index contributed by atoms with van der Waals surface area (Å²) in [6.45, 7) is 3.23. The number of nitrogens with zero attached hydrogens (tertiary/aromatic N) is 1. The summed E-state index contributed by atoms with van der Waals surface area (Å²) in [4.78, 5) is 11.8. The van der Waals surface area contributed by atoms with Crippen LogP contribution in [0.3, 0.4) is 0 Å². The van der Waals surface area contributed by atoms with Crippen LogP contribution in [0.25, 0.3) is 0 Å². The Bertz CT molecular complexity index is 488. The summed E-state index contributed by atoms with van der Waals surface area (Å²) in [5, 5.41) is 13.6. The normalized spacial score (nSPS) is 11.4. The van der Waals surface area contributed by atoms with Crippen LogP contribution in [0, 0.1) is 10.7 Å². The maximum atomic E-state index is 11.3. The lowest BCUT2D eigenvalue weighted by molar-refractivity contribution is -0.113. The van der Waals surface area contributed by atoms with Crippen molar-refractivity contribution in [3.8, 4) is 5.40 Å². The number of hydrogen-bond donors (Lipinski definition) is 1. The zero-order chi connectivity index (χ0) is 12.8. The Morgan fingerprint density at radius 1 is 1.35 bits per heavy atom. The van der Waals surface area contributed by atoms with E-state index in [0.717, 1.165) is 21.9 Å². The third-order valence-corrected chi connectivity index (χ3v) is 3.40. The van der Waals surface area contributed by atoms with Gasteiger partial charge in [0.05, 0.1) is 4.91 Å². The molecule has 0 saturated carbocycles. The van der Waals surface area contributed by atoms with Gasteiger partial charge in [0.25, 0.3) is 0 Å². The number of nitriles is 1. The second-order valence-corrected chi connectivity index (χ2v) is 5.05. The van der Waals surface area contributed by atoms with Crippen LogP contribution in [0.1, 0.15) is 13.8 Å². The molecule has 0 unspecified atom stereocenters. The van der Waals surface area contributed by atoms with Crippen LogP contribution >= 0.6 is 27.7 Å². The Kier molecular flexibility index (Phi) is 5.26. The Hall–Kier alpha value is -1.25. The van der Waals surface area contributed by atoms with Gasteiger partial charge in [-0.05, 0) is 49.9 Å². The second kappa shape index (κ2) is 6.48. The van der Waals surface area contributed by atoms with Crippen molar-refractivity contribution in [1.29, 1.82) is 5.26 Å². The fourth-order valence-corrected chi connectivity index (χ4v) is 1.97. The summed E-state index contributed by atoms with van der Waals surface area (Å²) in [6.07, 6.45) is 0. The number of thioether (sulfide) groups is 1. The number of allylic oxidation sites excluding steroid dienone is 2. The monoisotopic (exact) mass is 310 g/mol. The standard InChI is InChI=1S/C12H11BrN2OS/c1-8(12(9(2)16)17-7-14)15-11-5-3-10(13)4-6-11/h3-6,15H,1-2H3/b12-8+. The molecule has 0 aromatic heterocycles. The van der Waals surface area contributed by atoms with Crippen LogP contribution < -0.4 is 5.32 Å². The number of Topliss-reactive ketones (excluding diaryl/α,β-unsaturated/α-hetero) is 1. The van der Waals surface area contributed by atoms with E-state index < -0.39 is 0 Å². The van der Waals surface area contributed by atoms with Gasteiger partial charge in [0.2, 0.25) is 0 Å². The van der Waals surface area contributed by atoms with Crippen LogP contribution in [0.15, 0.2) is 39.3 Å². The first kappa shape index (κ1) is 13.8. The number of carbonyl (C=O) groups is 1. The molecule has 17 heavy (non-hydrogen) atoms. The predicted octanol–water partition coefficient (Wildman–Crippen LogP) is 3.90. The molecule has 0 bridgehead atoms. The van der Waals surface area contributed by atoms with Crippen molar-refractivity contribution < 1.29 is 4.79 Å². The average Bonchev–Trinajstić information content (AvgIpc) is 2.28. The Morgan fingerprint density at radius 3 is 2.41 bits per heavy atom. The number of halogens is 1. The summed E-state index contributed by atoms with van der Waals surface area (Å²) in [5.74, 6) is -0.112. The van der Waals surface area contributed by atoms with Gasteiger partial charge < -0.3 is 5.32 Å². The van der Waals surface area contributed by atoms with E-state index in [-0.39, 0.29) is 5.78 Å². The van der Waals surface area contributed by atoms with Crippen molar-refractivity contribution >= 4 is 39.2 Å². The molecular weight excluding hydrogens is 300 g/mol. The molecule has 1 aromatic carbocycles. The van der Waals surface area contributed by atoms with Crippen molar-refractivity contribution in [3.63, 3.8) is 0 Å². The lowest BCUT2D eigenvalue weighted by Crippen LogP contribution is -2.03. The van der Waals surface area contributed by atoms with E-state index in [1.165, 1.54) is 6.92 Å². The first-order chi connectivity index (χ1) is 8.04. The molecule has 0 amide bonds. The molecule has 0 saturated heterocycles. The summed E-state index contributed by atoms with van der Waals surface area (Å²) < 4.78 is 0.989. The van der Waals surface area contributed by atoms with Gasteiger partial charge in [0.1, 0.15) is 5.40 Å². The molecular formula is C12H11BrN2OS. The molecule has 0 radical (unpaired) electrons. The zero-order valence-corrected chi connectivity index (χ0v) is 11.9. The predicted molar refractivity (Wildman–Crippen MR) is 74.3 cm³/mol. The molecule has 0 atom stereocenters. The lowest BCUT2D eigenvalue weighted by Gasteiger charge is -2.09. The molecule has 1 aromatic rings. The van der Waals surface area contributed by atoms with Crippen molar-refractivity contribution in [3.05, 3.63) is 39.3 Å². The van der Waals surface area contributed by atoms with E-state index in [9.17, 15) is 4.79 Å². The third kappa shape index (κ3) is 4.25. The molecule has 3 nitrogen and oxygen atoms in total. The highest BCUT2D eigenvalue weighted by atomic mass is 79.9. The van der Waals surface area contributed by atoms with E-state index in [4.69, 9.17) is 5.26 Å². The van der Waals surface area contributed by atoms with Gasteiger partial charge in [-0.25, -0.2) is 0 Å². The Labute approximate surface area is 113 Å². The quantitative estimate of drug-likeness (QED) is 0.677. The summed E-state index contributed by atoms with van der Waals surface area (Å²) in [7, 11) is 0. The highest BCUT2D eigenvalue weighted by molar-refractivity contribution is 9.10. The van der Waals surface area contributed by atoms with Crippen LogP contribution in [-0.2, 0) is 4.79 Å². The minimum Gasteiger partial charge on any atom is -0.358 e. The number of thiocyanates is 1. The highest BCUT2D eigenvalue weighted by Crippen LogP contribution is 2.22. The molecule has 1 rings (SSSR count). The van der Waals surface area contributed by atoms with Crippen molar-refractivity contribution in [2.45, 2.75) is 13.8 Å². The van der Waals surface area contributed by atoms with Gasteiger partial charge in [-0.2, -0.15) is 5.26 Å². The summed E-state index contributed by atoms with van der Waals surface area (Å²) in [5.41, 5.74) is 1.56. The fourth-order valence-electron chi connectivity index (χ4n) is 1.26. The van der Waals surface area contributed by atoms with Gasteiger partial charge in [-0.3, -0.25) is 4.79 Å². The van der Waals surface area contributed by atoms with Crippen molar-refractivity contribution in [1.82, 2.24) is 0 Å². The lowest BCUT2D eigenvalue weighted by atomic mass is 10.3. The smallest absolute Gasteiger partial charge is 0.168 e. The summed E-state index contributed by atoms with van der Waals surface area (Å²) >= 11 is 4.23. The molecule has 0 aliphatic carbocycles. The number of nitrogens with one attached hydrogen (secondary N) is 1. The van der Waals surface area contributed by atoms with Crippen molar-refractivity contribution in [2.24, 2.45) is 0 Å².